The van der Waals surface area contributed by atoms with E-state index in [1.54, 1.807) is 23.1 Å². The first-order chi connectivity index (χ1) is 11.0. The standard InChI is InChI=1S/C18H27FN2O2/c1-3-4-7-13-21(15(2)22)14-11-18(23)20-12-10-16-8-5-6-9-17(16)19/h5-6,8-9H,3-4,7,10-14H2,1-2H3,(H,20,23). The lowest BCUT2D eigenvalue weighted by Gasteiger charge is -2.20. The van der Waals surface area contributed by atoms with Crippen molar-refractivity contribution in [3.63, 3.8) is 0 Å². The molecule has 0 unspecified atom stereocenters. The molecule has 0 aliphatic carbocycles. The number of carbonyl (C=O) groups is 2. The molecule has 0 aromatic heterocycles. The van der Waals surface area contributed by atoms with Crippen molar-refractivity contribution in [2.75, 3.05) is 19.6 Å². The summed E-state index contributed by atoms with van der Waals surface area (Å²) in [4.78, 5) is 25.1. The average molecular weight is 322 g/mol. The van der Waals surface area contributed by atoms with E-state index >= 15 is 0 Å². The number of benzene rings is 1. The van der Waals surface area contributed by atoms with Gasteiger partial charge in [0.25, 0.3) is 0 Å². The fourth-order valence-electron chi connectivity index (χ4n) is 2.34. The molecule has 5 heteroatoms. The molecule has 0 heterocycles. The lowest BCUT2D eigenvalue weighted by atomic mass is 10.1. The van der Waals surface area contributed by atoms with Crippen LogP contribution in [0.3, 0.4) is 0 Å². The quantitative estimate of drug-likeness (QED) is 0.673. The van der Waals surface area contributed by atoms with Gasteiger partial charge in [-0.1, -0.05) is 38.0 Å². The number of nitrogens with one attached hydrogen (secondary N) is 1. The van der Waals surface area contributed by atoms with Gasteiger partial charge in [-0.05, 0) is 24.5 Å². The zero-order valence-corrected chi connectivity index (χ0v) is 14.1. The van der Waals surface area contributed by atoms with Gasteiger partial charge in [-0.3, -0.25) is 9.59 Å². The third-order valence-corrected chi connectivity index (χ3v) is 3.76. The molecule has 0 aliphatic rings. The van der Waals surface area contributed by atoms with E-state index in [4.69, 9.17) is 0 Å². The molecular formula is C18H27FN2O2. The van der Waals surface area contributed by atoms with Gasteiger partial charge in [0.1, 0.15) is 5.82 Å². The number of nitrogens with zero attached hydrogens (tertiary/aromatic N) is 1. The molecule has 0 aliphatic heterocycles. The maximum atomic E-state index is 13.4. The highest BCUT2D eigenvalue weighted by molar-refractivity contribution is 5.78. The third-order valence-electron chi connectivity index (χ3n) is 3.76. The molecule has 1 aromatic carbocycles. The maximum Gasteiger partial charge on any atom is 0.221 e. The van der Waals surface area contributed by atoms with Gasteiger partial charge >= 0.3 is 0 Å². The minimum atomic E-state index is -0.250. The number of hydrogen-bond donors (Lipinski definition) is 1. The van der Waals surface area contributed by atoms with Crippen LogP contribution in [0.1, 0.15) is 45.1 Å². The number of unbranched alkanes of at least 4 members (excludes halogenated alkanes) is 2. The van der Waals surface area contributed by atoms with Crippen molar-refractivity contribution < 1.29 is 14.0 Å². The molecule has 0 saturated carbocycles. The first-order valence-corrected chi connectivity index (χ1v) is 8.30. The van der Waals surface area contributed by atoms with Crippen molar-refractivity contribution in [1.29, 1.82) is 0 Å². The molecule has 1 N–H and O–H groups in total. The van der Waals surface area contributed by atoms with Gasteiger partial charge in [0, 0.05) is 33.0 Å². The summed E-state index contributed by atoms with van der Waals surface area (Å²) >= 11 is 0. The van der Waals surface area contributed by atoms with Crippen LogP contribution in [0.15, 0.2) is 24.3 Å². The van der Waals surface area contributed by atoms with Gasteiger partial charge < -0.3 is 10.2 Å². The average Bonchev–Trinajstić information content (AvgIpc) is 2.52. The van der Waals surface area contributed by atoms with E-state index in [0.717, 1.165) is 19.3 Å². The van der Waals surface area contributed by atoms with E-state index in [-0.39, 0.29) is 24.1 Å². The molecule has 0 bridgehead atoms. The number of carbonyl (C=O) groups excluding carboxylic acids is 2. The highest BCUT2D eigenvalue weighted by atomic mass is 19.1. The minimum absolute atomic E-state index is 0.000240. The highest BCUT2D eigenvalue weighted by Crippen LogP contribution is 2.06. The monoisotopic (exact) mass is 322 g/mol. The Labute approximate surface area is 138 Å². The van der Waals surface area contributed by atoms with Crippen LogP contribution in [0.2, 0.25) is 0 Å². The van der Waals surface area contributed by atoms with Gasteiger partial charge in [0.15, 0.2) is 0 Å². The normalized spacial score (nSPS) is 10.4. The van der Waals surface area contributed by atoms with Crippen molar-refractivity contribution in [2.24, 2.45) is 0 Å². The Morgan fingerprint density at radius 2 is 1.91 bits per heavy atom. The molecule has 0 radical (unpaired) electrons. The van der Waals surface area contributed by atoms with Gasteiger partial charge in [-0.15, -0.1) is 0 Å². The Morgan fingerprint density at radius 1 is 1.17 bits per heavy atom. The molecule has 4 nitrogen and oxygen atoms in total. The second kappa shape index (κ2) is 10.8. The Balaban J connectivity index is 2.27. The van der Waals surface area contributed by atoms with Crippen molar-refractivity contribution >= 4 is 11.8 Å². The van der Waals surface area contributed by atoms with Gasteiger partial charge in [-0.2, -0.15) is 0 Å². The summed E-state index contributed by atoms with van der Waals surface area (Å²) in [5.41, 5.74) is 0.595. The fourth-order valence-corrected chi connectivity index (χ4v) is 2.34. The molecule has 2 amide bonds. The summed E-state index contributed by atoms with van der Waals surface area (Å²) in [7, 11) is 0. The topological polar surface area (TPSA) is 49.4 Å². The third kappa shape index (κ3) is 7.77. The predicted molar refractivity (Wildman–Crippen MR) is 89.5 cm³/mol. The lowest BCUT2D eigenvalue weighted by Crippen LogP contribution is -2.35. The Morgan fingerprint density at radius 3 is 2.57 bits per heavy atom. The van der Waals surface area contributed by atoms with E-state index in [1.807, 2.05) is 0 Å². The van der Waals surface area contributed by atoms with Crippen LogP contribution in [-0.2, 0) is 16.0 Å². The van der Waals surface area contributed by atoms with Crippen LogP contribution in [0, 0.1) is 5.82 Å². The van der Waals surface area contributed by atoms with Crippen LogP contribution in [-0.4, -0.2) is 36.3 Å². The van der Waals surface area contributed by atoms with Crippen molar-refractivity contribution in [3.8, 4) is 0 Å². The number of hydrogen-bond acceptors (Lipinski definition) is 2. The van der Waals surface area contributed by atoms with Gasteiger partial charge in [-0.25, -0.2) is 4.39 Å². The van der Waals surface area contributed by atoms with Crippen LogP contribution in [0.25, 0.3) is 0 Å². The summed E-state index contributed by atoms with van der Waals surface area (Å²) in [6.45, 7) is 5.18. The molecule has 1 aromatic rings. The molecule has 128 valence electrons. The van der Waals surface area contributed by atoms with Crippen molar-refractivity contribution in [2.45, 2.75) is 46.0 Å². The van der Waals surface area contributed by atoms with E-state index in [9.17, 15) is 14.0 Å². The van der Waals surface area contributed by atoms with E-state index < -0.39 is 0 Å². The summed E-state index contributed by atoms with van der Waals surface area (Å²) in [5, 5.41) is 2.78. The van der Waals surface area contributed by atoms with Crippen LogP contribution >= 0.6 is 0 Å². The number of rotatable bonds is 10. The number of halogens is 1. The molecule has 23 heavy (non-hydrogen) atoms. The molecular weight excluding hydrogens is 295 g/mol. The molecule has 0 spiro atoms. The molecule has 0 saturated heterocycles. The first-order valence-electron chi connectivity index (χ1n) is 8.30. The second-order valence-electron chi connectivity index (χ2n) is 5.65. The smallest absolute Gasteiger partial charge is 0.221 e. The Kier molecular flexibility index (Phi) is 8.95. The van der Waals surface area contributed by atoms with Crippen LogP contribution < -0.4 is 5.32 Å². The summed E-state index contributed by atoms with van der Waals surface area (Å²) in [6.07, 6.45) is 3.89. The van der Waals surface area contributed by atoms with E-state index in [1.165, 1.54) is 13.0 Å². The number of amides is 2. The highest BCUT2D eigenvalue weighted by Gasteiger charge is 2.10. The maximum absolute atomic E-state index is 13.4. The zero-order chi connectivity index (χ0) is 17.1. The predicted octanol–water partition coefficient (Wildman–Crippen LogP) is 2.91. The van der Waals surface area contributed by atoms with Crippen molar-refractivity contribution in [3.05, 3.63) is 35.6 Å². The minimum Gasteiger partial charge on any atom is -0.356 e. The van der Waals surface area contributed by atoms with E-state index in [2.05, 4.69) is 12.2 Å². The fraction of sp³-hybridized carbons (Fsp3) is 0.556. The Bertz CT molecular complexity index is 506. The summed E-state index contributed by atoms with van der Waals surface area (Å²) in [5.74, 6) is -0.358. The van der Waals surface area contributed by atoms with Crippen molar-refractivity contribution in [1.82, 2.24) is 10.2 Å². The molecule has 1 rings (SSSR count). The zero-order valence-electron chi connectivity index (χ0n) is 14.1. The van der Waals surface area contributed by atoms with Crippen LogP contribution in [0.4, 0.5) is 4.39 Å². The van der Waals surface area contributed by atoms with Gasteiger partial charge in [0.05, 0.1) is 0 Å². The summed E-state index contributed by atoms with van der Waals surface area (Å²) in [6, 6.07) is 6.55. The van der Waals surface area contributed by atoms with Gasteiger partial charge in [0.2, 0.25) is 11.8 Å². The largest absolute Gasteiger partial charge is 0.356 e. The Hall–Kier alpha value is -1.91. The molecule has 0 atom stereocenters. The SMILES string of the molecule is CCCCCN(CCC(=O)NCCc1ccccc1F)C(C)=O. The first kappa shape index (κ1) is 19.1. The summed E-state index contributed by atoms with van der Waals surface area (Å²) < 4.78 is 13.4. The van der Waals surface area contributed by atoms with Crippen LogP contribution in [0.5, 0.6) is 0 Å². The second-order valence-corrected chi connectivity index (χ2v) is 5.65. The molecule has 0 fully saturated rings. The van der Waals surface area contributed by atoms with E-state index in [0.29, 0.717) is 31.6 Å². The lowest BCUT2D eigenvalue weighted by molar-refractivity contribution is -0.129.